The lowest BCUT2D eigenvalue weighted by atomic mass is 10.1. The Morgan fingerprint density at radius 1 is 1.23 bits per heavy atom. The molecule has 1 aromatic heterocycles. The topological polar surface area (TPSA) is 69.8 Å². The normalized spacial score (nSPS) is 18.2. The molecule has 0 saturated carbocycles. The van der Waals surface area contributed by atoms with Crippen LogP contribution in [0.15, 0.2) is 65.6 Å². The SMILES string of the molecule is C=C1NC(N2CCN(c3ccc(C(=C)N)nc3)CC2)=NC(/C=C\C)=C1C. The standard InChI is InChI=1S/C20H26N6/c1-5-6-18-14(2)16(4)23-20(24-18)26-11-9-25(10-12-26)17-7-8-19(15(3)21)22-13-17/h5-8,13H,3-4,9-12,21H2,1-2H3,(H,23,24)/b6-5-. The lowest BCUT2D eigenvalue weighted by Gasteiger charge is -2.38. The summed E-state index contributed by atoms with van der Waals surface area (Å²) in [5, 5.41) is 3.33. The fraction of sp³-hybridized carbons (Fsp3) is 0.300. The monoisotopic (exact) mass is 350 g/mol. The van der Waals surface area contributed by atoms with Crippen LogP contribution in [0.3, 0.4) is 0 Å². The second kappa shape index (κ2) is 7.47. The number of guanidine groups is 1. The molecular weight excluding hydrogens is 324 g/mol. The molecular formula is C20H26N6. The van der Waals surface area contributed by atoms with Crippen molar-refractivity contribution in [3.05, 3.63) is 66.3 Å². The zero-order valence-electron chi connectivity index (χ0n) is 15.5. The third-order valence-corrected chi connectivity index (χ3v) is 4.67. The van der Waals surface area contributed by atoms with E-state index < -0.39 is 0 Å². The summed E-state index contributed by atoms with van der Waals surface area (Å²) in [6.07, 6.45) is 5.89. The van der Waals surface area contributed by atoms with Crippen LogP contribution in [0.1, 0.15) is 19.5 Å². The molecule has 136 valence electrons. The van der Waals surface area contributed by atoms with Gasteiger partial charge >= 0.3 is 0 Å². The summed E-state index contributed by atoms with van der Waals surface area (Å²) in [5.74, 6) is 0.876. The van der Waals surface area contributed by atoms with Crippen LogP contribution in [0.25, 0.3) is 5.70 Å². The Balaban J connectivity index is 1.68. The van der Waals surface area contributed by atoms with Crippen LogP contribution in [-0.2, 0) is 0 Å². The minimum Gasteiger partial charge on any atom is -0.397 e. The Morgan fingerprint density at radius 3 is 2.50 bits per heavy atom. The zero-order chi connectivity index (χ0) is 18.7. The predicted octanol–water partition coefficient (Wildman–Crippen LogP) is 2.46. The van der Waals surface area contributed by atoms with Crippen LogP contribution in [0, 0.1) is 0 Å². The third kappa shape index (κ3) is 3.64. The smallest absolute Gasteiger partial charge is 0.203 e. The van der Waals surface area contributed by atoms with Crippen molar-refractivity contribution in [2.45, 2.75) is 13.8 Å². The predicted molar refractivity (Wildman–Crippen MR) is 108 cm³/mol. The molecule has 1 saturated heterocycles. The van der Waals surface area contributed by atoms with Gasteiger partial charge in [-0.05, 0) is 37.6 Å². The van der Waals surface area contributed by atoms with Gasteiger partial charge in [0.1, 0.15) is 0 Å². The summed E-state index contributed by atoms with van der Waals surface area (Å²) in [6, 6.07) is 3.96. The second-order valence-corrected chi connectivity index (χ2v) is 6.45. The number of aromatic nitrogens is 1. The number of allylic oxidation sites excluding steroid dienone is 3. The van der Waals surface area contributed by atoms with E-state index >= 15 is 0 Å². The first-order chi connectivity index (χ1) is 12.5. The van der Waals surface area contributed by atoms with Crippen molar-refractivity contribution >= 4 is 17.3 Å². The maximum atomic E-state index is 5.68. The van der Waals surface area contributed by atoms with Crippen LogP contribution >= 0.6 is 0 Å². The van der Waals surface area contributed by atoms with Crippen LogP contribution in [-0.4, -0.2) is 42.0 Å². The lowest BCUT2D eigenvalue weighted by molar-refractivity contribution is 0.375. The number of anilines is 1. The third-order valence-electron chi connectivity index (χ3n) is 4.67. The molecule has 26 heavy (non-hydrogen) atoms. The molecule has 0 spiro atoms. The van der Waals surface area contributed by atoms with Crippen molar-refractivity contribution in [3.8, 4) is 0 Å². The van der Waals surface area contributed by atoms with Gasteiger partial charge in [0.05, 0.1) is 29.0 Å². The van der Waals surface area contributed by atoms with Crippen molar-refractivity contribution in [3.63, 3.8) is 0 Å². The minimum absolute atomic E-state index is 0.489. The fourth-order valence-corrected chi connectivity index (χ4v) is 3.02. The van der Waals surface area contributed by atoms with E-state index in [2.05, 4.69) is 33.3 Å². The Kier molecular flexibility index (Phi) is 5.11. The van der Waals surface area contributed by atoms with Crippen LogP contribution in [0.2, 0.25) is 0 Å². The highest BCUT2D eigenvalue weighted by Crippen LogP contribution is 2.21. The van der Waals surface area contributed by atoms with Crippen LogP contribution in [0.5, 0.6) is 0 Å². The van der Waals surface area contributed by atoms with Gasteiger partial charge < -0.3 is 20.9 Å². The molecule has 3 rings (SSSR count). The van der Waals surface area contributed by atoms with E-state index in [9.17, 15) is 0 Å². The first-order valence-corrected chi connectivity index (χ1v) is 8.79. The number of hydrogen-bond donors (Lipinski definition) is 2. The van der Waals surface area contributed by atoms with Crippen molar-refractivity contribution in [2.24, 2.45) is 10.7 Å². The van der Waals surface area contributed by atoms with Crippen molar-refractivity contribution in [1.82, 2.24) is 15.2 Å². The summed E-state index contributed by atoms with van der Waals surface area (Å²) >= 11 is 0. The maximum Gasteiger partial charge on any atom is 0.203 e. The number of hydrogen-bond acceptors (Lipinski definition) is 6. The highest BCUT2D eigenvalue weighted by atomic mass is 15.4. The Bertz CT molecular complexity index is 792. The van der Waals surface area contributed by atoms with E-state index in [1.807, 2.05) is 44.3 Å². The van der Waals surface area contributed by atoms with E-state index in [4.69, 9.17) is 10.7 Å². The molecule has 0 aromatic carbocycles. The zero-order valence-corrected chi connectivity index (χ0v) is 15.5. The number of aliphatic imine (C=N–C) groups is 1. The molecule has 2 aliphatic rings. The van der Waals surface area contributed by atoms with Crippen LogP contribution in [0.4, 0.5) is 5.69 Å². The summed E-state index contributed by atoms with van der Waals surface area (Å²) in [6.45, 7) is 15.4. The molecule has 0 aliphatic carbocycles. The first kappa shape index (κ1) is 17.8. The average molecular weight is 350 g/mol. The Morgan fingerprint density at radius 2 is 1.92 bits per heavy atom. The maximum absolute atomic E-state index is 5.68. The van der Waals surface area contributed by atoms with Gasteiger partial charge in [-0.25, -0.2) is 4.99 Å². The van der Waals surface area contributed by atoms with E-state index in [1.165, 1.54) is 0 Å². The van der Waals surface area contributed by atoms with Gasteiger partial charge in [0, 0.05) is 31.9 Å². The number of nitrogens with two attached hydrogens (primary N) is 1. The van der Waals surface area contributed by atoms with E-state index in [0.29, 0.717) is 5.70 Å². The molecule has 6 heteroatoms. The van der Waals surface area contributed by atoms with Gasteiger partial charge in [-0.2, -0.15) is 0 Å². The molecule has 3 N–H and O–H groups in total. The fourth-order valence-electron chi connectivity index (χ4n) is 3.02. The quantitative estimate of drug-likeness (QED) is 0.876. The number of nitrogens with one attached hydrogen (secondary N) is 1. The Hall–Kier alpha value is -3.02. The van der Waals surface area contributed by atoms with Crippen LogP contribution < -0.4 is 16.0 Å². The lowest BCUT2D eigenvalue weighted by Crippen LogP contribution is -2.53. The molecule has 0 bridgehead atoms. The molecule has 0 amide bonds. The first-order valence-electron chi connectivity index (χ1n) is 8.79. The van der Waals surface area contributed by atoms with Crippen molar-refractivity contribution in [1.29, 1.82) is 0 Å². The number of pyridine rings is 1. The summed E-state index contributed by atoms with van der Waals surface area (Å²) in [7, 11) is 0. The molecule has 6 nitrogen and oxygen atoms in total. The van der Waals surface area contributed by atoms with Gasteiger partial charge in [0.25, 0.3) is 0 Å². The van der Waals surface area contributed by atoms with E-state index in [1.54, 1.807) is 0 Å². The van der Waals surface area contributed by atoms with E-state index in [-0.39, 0.29) is 0 Å². The van der Waals surface area contributed by atoms with Gasteiger partial charge in [-0.1, -0.05) is 19.2 Å². The summed E-state index contributed by atoms with van der Waals surface area (Å²) < 4.78 is 0. The average Bonchev–Trinajstić information content (AvgIpc) is 2.65. The number of rotatable bonds is 3. The molecule has 0 atom stereocenters. The van der Waals surface area contributed by atoms with Gasteiger partial charge in [0.15, 0.2) is 0 Å². The summed E-state index contributed by atoms with van der Waals surface area (Å²) in [5.41, 5.74) is 11.0. The Labute approximate surface area is 155 Å². The van der Waals surface area contributed by atoms with Crippen molar-refractivity contribution in [2.75, 3.05) is 31.1 Å². The second-order valence-electron chi connectivity index (χ2n) is 6.45. The number of nitrogens with zero attached hydrogens (tertiary/aromatic N) is 4. The molecule has 1 aromatic rings. The highest BCUT2D eigenvalue weighted by molar-refractivity contribution is 5.85. The van der Waals surface area contributed by atoms with Gasteiger partial charge in [-0.3, -0.25) is 4.98 Å². The molecule has 0 unspecified atom stereocenters. The highest BCUT2D eigenvalue weighted by Gasteiger charge is 2.23. The summed E-state index contributed by atoms with van der Waals surface area (Å²) in [4.78, 5) is 13.7. The minimum atomic E-state index is 0.489. The molecule has 0 radical (unpaired) electrons. The largest absolute Gasteiger partial charge is 0.397 e. The number of piperazine rings is 1. The van der Waals surface area contributed by atoms with E-state index in [0.717, 1.165) is 60.5 Å². The molecule has 2 aliphatic heterocycles. The van der Waals surface area contributed by atoms with Crippen molar-refractivity contribution < 1.29 is 0 Å². The van der Waals surface area contributed by atoms with Gasteiger partial charge in [-0.15, -0.1) is 0 Å². The van der Waals surface area contributed by atoms with Gasteiger partial charge in [0.2, 0.25) is 5.96 Å². The molecule has 3 heterocycles. The molecule has 1 fully saturated rings.